The predicted octanol–water partition coefficient (Wildman–Crippen LogP) is 2.97. The number of ether oxygens (including phenoxy) is 1. The highest BCUT2D eigenvalue weighted by atomic mass is 127. The number of aromatic nitrogens is 2. The molecule has 1 fully saturated rings. The molecule has 2 N–H and O–H groups in total. The average Bonchev–Trinajstić information content (AvgIpc) is 2.86. The molecule has 0 aliphatic carbocycles. The third kappa shape index (κ3) is 7.67. The zero-order valence-corrected chi connectivity index (χ0v) is 21.2. The maximum Gasteiger partial charge on any atom is 0.410 e. The molecule has 0 radical (unpaired) electrons. The van der Waals surface area contributed by atoms with Gasteiger partial charge in [0.05, 0.1) is 5.69 Å². The molecular formula is C20H37IN6O2. The smallest absolute Gasteiger partial charge is 0.410 e. The molecule has 1 aliphatic rings. The van der Waals surface area contributed by atoms with E-state index in [0.29, 0.717) is 12.5 Å². The van der Waals surface area contributed by atoms with Gasteiger partial charge in [-0.25, -0.2) is 4.79 Å². The summed E-state index contributed by atoms with van der Waals surface area (Å²) in [5.41, 5.74) is 2.96. The molecule has 29 heavy (non-hydrogen) atoms. The van der Waals surface area contributed by atoms with Crippen molar-refractivity contribution in [3.8, 4) is 0 Å². The van der Waals surface area contributed by atoms with Crippen LogP contribution in [-0.4, -0.2) is 59.0 Å². The topological polar surface area (TPSA) is 83.8 Å². The number of halogens is 1. The lowest BCUT2D eigenvalue weighted by Crippen LogP contribution is -2.45. The maximum atomic E-state index is 12.2. The second-order valence-electron chi connectivity index (χ2n) is 8.49. The Bertz CT molecular complexity index is 703. The highest BCUT2D eigenvalue weighted by molar-refractivity contribution is 14.0. The molecule has 0 atom stereocenters. The lowest BCUT2D eigenvalue weighted by Gasteiger charge is -2.33. The second kappa shape index (κ2) is 11.0. The average molecular weight is 520 g/mol. The highest BCUT2D eigenvalue weighted by Gasteiger charge is 2.26. The molecular weight excluding hydrogens is 483 g/mol. The fourth-order valence-electron chi connectivity index (χ4n) is 3.35. The molecule has 1 aliphatic heterocycles. The molecule has 1 amide bonds. The van der Waals surface area contributed by atoms with Crippen molar-refractivity contribution in [2.24, 2.45) is 18.0 Å². The molecule has 0 bridgehead atoms. The Morgan fingerprint density at radius 1 is 1.24 bits per heavy atom. The number of aliphatic imine (C=N–C) groups is 1. The number of hydrogen-bond donors (Lipinski definition) is 2. The van der Waals surface area contributed by atoms with Gasteiger partial charge in [0.25, 0.3) is 0 Å². The summed E-state index contributed by atoms with van der Waals surface area (Å²) in [7, 11) is 3.74. The van der Waals surface area contributed by atoms with E-state index in [-0.39, 0.29) is 30.1 Å². The first-order chi connectivity index (χ1) is 13.1. The highest BCUT2D eigenvalue weighted by Crippen LogP contribution is 2.19. The molecule has 2 heterocycles. The first kappa shape index (κ1) is 25.5. The van der Waals surface area contributed by atoms with Crippen molar-refractivity contribution >= 4 is 36.0 Å². The summed E-state index contributed by atoms with van der Waals surface area (Å²) in [5, 5.41) is 11.2. The van der Waals surface area contributed by atoms with Crippen LogP contribution in [0.4, 0.5) is 4.79 Å². The number of hydrogen-bond acceptors (Lipinski definition) is 4. The third-order valence-corrected chi connectivity index (χ3v) is 5.14. The molecule has 2 rings (SSSR count). The minimum Gasteiger partial charge on any atom is -0.444 e. The molecule has 166 valence electrons. The van der Waals surface area contributed by atoms with Crippen LogP contribution in [-0.2, 0) is 18.3 Å². The lowest BCUT2D eigenvalue weighted by atomic mass is 9.97. The predicted molar refractivity (Wildman–Crippen MR) is 127 cm³/mol. The molecule has 0 spiro atoms. The quantitative estimate of drug-likeness (QED) is 0.363. The number of carbonyl (C=O) groups is 1. The molecule has 0 unspecified atom stereocenters. The number of nitrogens with zero attached hydrogens (tertiary/aromatic N) is 4. The van der Waals surface area contributed by atoms with Crippen molar-refractivity contribution in [1.82, 2.24) is 25.3 Å². The second-order valence-corrected chi connectivity index (χ2v) is 8.49. The van der Waals surface area contributed by atoms with Gasteiger partial charge in [-0.3, -0.25) is 9.67 Å². The van der Waals surface area contributed by atoms with Gasteiger partial charge in [0.15, 0.2) is 5.96 Å². The van der Waals surface area contributed by atoms with Crippen LogP contribution < -0.4 is 10.6 Å². The van der Waals surface area contributed by atoms with Crippen molar-refractivity contribution in [3.63, 3.8) is 0 Å². The number of rotatable bonds is 4. The molecule has 0 saturated carbocycles. The molecule has 1 aromatic heterocycles. The van der Waals surface area contributed by atoms with Crippen molar-refractivity contribution in [2.45, 2.75) is 59.6 Å². The third-order valence-electron chi connectivity index (χ3n) is 5.14. The van der Waals surface area contributed by atoms with Crippen LogP contribution >= 0.6 is 24.0 Å². The van der Waals surface area contributed by atoms with Crippen molar-refractivity contribution in [3.05, 3.63) is 17.0 Å². The van der Waals surface area contributed by atoms with Crippen LogP contribution in [0.15, 0.2) is 4.99 Å². The van der Waals surface area contributed by atoms with E-state index in [1.54, 1.807) is 7.05 Å². The molecule has 9 heteroatoms. The first-order valence-electron chi connectivity index (χ1n) is 10.0. The summed E-state index contributed by atoms with van der Waals surface area (Å²) in [6.07, 6.45) is 1.72. The maximum absolute atomic E-state index is 12.2. The van der Waals surface area contributed by atoms with E-state index in [9.17, 15) is 4.79 Å². The molecule has 0 aromatic carbocycles. The van der Waals surface area contributed by atoms with Crippen LogP contribution in [0, 0.1) is 19.8 Å². The van der Waals surface area contributed by atoms with Crippen LogP contribution in [0.3, 0.4) is 0 Å². The molecule has 1 aromatic rings. The number of aryl methyl sites for hydroxylation is 2. The van der Waals surface area contributed by atoms with E-state index in [0.717, 1.165) is 49.8 Å². The van der Waals surface area contributed by atoms with E-state index in [1.165, 1.54) is 5.56 Å². The van der Waals surface area contributed by atoms with Gasteiger partial charge in [-0.2, -0.15) is 5.10 Å². The van der Waals surface area contributed by atoms with E-state index in [4.69, 9.17) is 4.74 Å². The minimum atomic E-state index is -0.446. The van der Waals surface area contributed by atoms with E-state index < -0.39 is 5.60 Å². The molecule has 1 saturated heterocycles. The molecule has 8 nitrogen and oxygen atoms in total. The van der Waals surface area contributed by atoms with E-state index in [1.807, 2.05) is 44.3 Å². The van der Waals surface area contributed by atoms with Gasteiger partial charge < -0.3 is 20.3 Å². The van der Waals surface area contributed by atoms with E-state index >= 15 is 0 Å². The Balaban J connectivity index is 0.00000420. The number of guanidine groups is 1. The summed E-state index contributed by atoms with van der Waals surface area (Å²) >= 11 is 0. The van der Waals surface area contributed by atoms with Crippen LogP contribution in [0.1, 0.15) is 50.6 Å². The summed E-state index contributed by atoms with van der Waals surface area (Å²) in [4.78, 5) is 18.3. The standard InChI is InChI=1S/C20H36N6O2.HI/c1-14-17(15(2)25(7)24-14)13-23-18(21-6)22-12-16-8-10-26(11-9-16)19(27)28-20(3,4)5;/h16H,8-13H2,1-7H3,(H2,21,22,23);1H. The van der Waals surface area contributed by atoms with Crippen LogP contribution in [0.25, 0.3) is 0 Å². The summed E-state index contributed by atoms with van der Waals surface area (Å²) < 4.78 is 7.36. The van der Waals surface area contributed by atoms with Crippen LogP contribution in [0.2, 0.25) is 0 Å². The number of carbonyl (C=O) groups excluding carboxylic acids is 1. The number of likely N-dealkylation sites (tertiary alicyclic amines) is 1. The summed E-state index contributed by atoms with van der Waals surface area (Å²) in [6.45, 7) is 12.8. The van der Waals surface area contributed by atoms with Gasteiger partial charge in [-0.05, 0) is 53.4 Å². The zero-order chi connectivity index (χ0) is 20.9. The Hall–Kier alpha value is -1.52. The van der Waals surface area contributed by atoms with Gasteiger partial charge in [-0.1, -0.05) is 0 Å². The summed E-state index contributed by atoms with van der Waals surface area (Å²) in [5.74, 6) is 1.30. The number of piperidine rings is 1. The Morgan fingerprint density at radius 2 is 1.86 bits per heavy atom. The Kier molecular flexibility index (Phi) is 9.70. The van der Waals surface area contributed by atoms with Gasteiger partial charge >= 0.3 is 6.09 Å². The Morgan fingerprint density at radius 3 is 2.34 bits per heavy atom. The zero-order valence-electron chi connectivity index (χ0n) is 18.8. The van der Waals surface area contributed by atoms with Gasteiger partial charge in [0.1, 0.15) is 5.60 Å². The van der Waals surface area contributed by atoms with Gasteiger partial charge in [0.2, 0.25) is 0 Å². The first-order valence-corrected chi connectivity index (χ1v) is 10.0. The normalized spacial score (nSPS) is 15.7. The van der Waals surface area contributed by atoms with Crippen LogP contribution in [0.5, 0.6) is 0 Å². The van der Waals surface area contributed by atoms with Gasteiger partial charge in [0, 0.05) is 51.5 Å². The van der Waals surface area contributed by atoms with E-state index in [2.05, 4.69) is 27.6 Å². The fraction of sp³-hybridized carbons (Fsp3) is 0.750. The largest absolute Gasteiger partial charge is 0.444 e. The van der Waals surface area contributed by atoms with Gasteiger partial charge in [-0.15, -0.1) is 24.0 Å². The van der Waals surface area contributed by atoms with Crippen molar-refractivity contribution < 1.29 is 9.53 Å². The lowest BCUT2D eigenvalue weighted by molar-refractivity contribution is 0.0185. The van der Waals surface area contributed by atoms with Crippen molar-refractivity contribution in [1.29, 1.82) is 0 Å². The minimum absolute atomic E-state index is 0. The van der Waals surface area contributed by atoms with Crippen molar-refractivity contribution in [2.75, 3.05) is 26.7 Å². The Labute approximate surface area is 191 Å². The number of amides is 1. The SMILES string of the molecule is CN=C(NCc1c(C)nn(C)c1C)NCC1CCN(C(=O)OC(C)(C)C)CC1.I. The fourth-order valence-corrected chi connectivity index (χ4v) is 3.35. The number of nitrogens with one attached hydrogen (secondary N) is 2. The summed E-state index contributed by atoms with van der Waals surface area (Å²) in [6, 6.07) is 0. The monoisotopic (exact) mass is 520 g/mol.